The molecule has 6 heteroatoms. The third-order valence-corrected chi connectivity index (χ3v) is 4.26. The van der Waals surface area contributed by atoms with E-state index >= 15 is 0 Å². The van der Waals surface area contributed by atoms with E-state index in [2.05, 4.69) is 5.32 Å². The van der Waals surface area contributed by atoms with E-state index in [1.165, 1.54) is 0 Å². The van der Waals surface area contributed by atoms with Gasteiger partial charge in [-0.05, 0) is 29.8 Å². The lowest BCUT2D eigenvalue weighted by atomic mass is 10.1. The summed E-state index contributed by atoms with van der Waals surface area (Å²) in [5.41, 5.74) is 1.28. The average molecular weight is 359 g/mol. The molecule has 0 atom stereocenters. The lowest BCUT2D eigenvalue weighted by Crippen LogP contribution is -2.30. The van der Waals surface area contributed by atoms with Gasteiger partial charge in [-0.2, -0.15) is 0 Å². The molecule has 132 valence electrons. The maximum atomic E-state index is 12.0. The fourth-order valence-corrected chi connectivity index (χ4v) is 2.89. The van der Waals surface area contributed by atoms with Crippen LogP contribution in [0.1, 0.15) is 15.9 Å². The normalized spacial score (nSPS) is 10.3. The summed E-state index contributed by atoms with van der Waals surface area (Å²) < 4.78 is 10.1. The Morgan fingerprint density at radius 2 is 1.88 bits per heavy atom. The van der Waals surface area contributed by atoms with Crippen molar-refractivity contribution in [2.75, 3.05) is 26.0 Å². The van der Waals surface area contributed by atoms with Gasteiger partial charge in [0, 0.05) is 24.3 Å². The van der Waals surface area contributed by atoms with E-state index in [0.29, 0.717) is 18.7 Å². The summed E-state index contributed by atoms with van der Waals surface area (Å²) in [7, 11) is 1.59. The summed E-state index contributed by atoms with van der Waals surface area (Å²) in [5, 5.41) is 2.73. The van der Waals surface area contributed by atoms with Gasteiger partial charge in [-0.15, -0.1) is 11.8 Å². The molecule has 1 N–H and O–H groups in total. The van der Waals surface area contributed by atoms with Crippen LogP contribution in [0.5, 0.6) is 0 Å². The number of esters is 1. The average Bonchev–Trinajstić information content (AvgIpc) is 2.64. The van der Waals surface area contributed by atoms with Crippen LogP contribution < -0.4 is 5.32 Å². The van der Waals surface area contributed by atoms with Crippen molar-refractivity contribution in [2.45, 2.75) is 11.5 Å². The number of hydrogen-bond acceptors (Lipinski definition) is 5. The van der Waals surface area contributed by atoms with E-state index in [1.54, 1.807) is 37.1 Å². The molecule has 0 aromatic heterocycles. The molecule has 0 aliphatic rings. The predicted octanol–water partition coefficient (Wildman–Crippen LogP) is 2.90. The van der Waals surface area contributed by atoms with Gasteiger partial charge in [0.15, 0.2) is 6.61 Å². The first-order valence-corrected chi connectivity index (χ1v) is 8.87. The first-order chi connectivity index (χ1) is 12.2. The van der Waals surface area contributed by atoms with Gasteiger partial charge in [0.2, 0.25) is 0 Å². The van der Waals surface area contributed by atoms with Crippen LogP contribution in [0.25, 0.3) is 0 Å². The van der Waals surface area contributed by atoms with Crippen molar-refractivity contribution in [1.82, 2.24) is 5.32 Å². The summed E-state index contributed by atoms with van der Waals surface area (Å²) in [6.07, 6.45) is 0. The van der Waals surface area contributed by atoms with Gasteiger partial charge in [0.25, 0.3) is 5.91 Å². The fourth-order valence-electron chi connectivity index (χ4n) is 2.10. The van der Waals surface area contributed by atoms with Crippen LogP contribution in [-0.2, 0) is 20.9 Å². The van der Waals surface area contributed by atoms with E-state index in [0.717, 1.165) is 16.2 Å². The number of nitrogens with one attached hydrogen (secondary N) is 1. The maximum absolute atomic E-state index is 12.0. The molecule has 0 saturated carbocycles. The highest BCUT2D eigenvalue weighted by Crippen LogP contribution is 2.15. The molecule has 0 fully saturated rings. The Kier molecular flexibility index (Phi) is 8.01. The SMILES string of the molecule is COCc1cccc(C(=O)OCC(=O)NCCSc2ccccc2)c1. The van der Waals surface area contributed by atoms with Crippen LogP contribution in [0, 0.1) is 0 Å². The van der Waals surface area contributed by atoms with Crippen LogP contribution in [0.15, 0.2) is 59.5 Å². The number of methoxy groups -OCH3 is 1. The third kappa shape index (κ3) is 6.99. The molecular weight excluding hydrogens is 338 g/mol. The first kappa shape index (κ1) is 19.0. The molecule has 25 heavy (non-hydrogen) atoms. The summed E-state index contributed by atoms with van der Waals surface area (Å²) in [4.78, 5) is 24.9. The zero-order valence-corrected chi connectivity index (χ0v) is 14.9. The maximum Gasteiger partial charge on any atom is 0.338 e. The second kappa shape index (κ2) is 10.5. The first-order valence-electron chi connectivity index (χ1n) is 7.88. The van der Waals surface area contributed by atoms with Gasteiger partial charge in [0.05, 0.1) is 12.2 Å². The number of benzene rings is 2. The second-order valence-electron chi connectivity index (χ2n) is 5.22. The number of carbonyl (C=O) groups is 2. The van der Waals surface area contributed by atoms with Crippen molar-refractivity contribution in [3.8, 4) is 0 Å². The largest absolute Gasteiger partial charge is 0.452 e. The molecule has 5 nitrogen and oxygen atoms in total. The number of carbonyl (C=O) groups excluding carboxylic acids is 2. The molecule has 0 heterocycles. The van der Waals surface area contributed by atoms with Crippen molar-refractivity contribution < 1.29 is 19.1 Å². The minimum absolute atomic E-state index is 0.288. The zero-order valence-electron chi connectivity index (χ0n) is 14.1. The third-order valence-electron chi connectivity index (χ3n) is 3.24. The highest BCUT2D eigenvalue weighted by atomic mass is 32.2. The molecule has 2 aromatic carbocycles. The molecule has 2 rings (SSSR count). The van der Waals surface area contributed by atoms with E-state index in [9.17, 15) is 9.59 Å². The lowest BCUT2D eigenvalue weighted by molar-refractivity contribution is -0.124. The minimum Gasteiger partial charge on any atom is -0.452 e. The van der Waals surface area contributed by atoms with Crippen LogP contribution in [0.2, 0.25) is 0 Å². The van der Waals surface area contributed by atoms with Crippen LogP contribution in [0.4, 0.5) is 0 Å². The minimum atomic E-state index is -0.522. The highest BCUT2D eigenvalue weighted by Gasteiger charge is 2.10. The number of amides is 1. The quantitative estimate of drug-likeness (QED) is 0.424. The van der Waals surface area contributed by atoms with Crippen LogP contribution in [-0.4, -0.2) is 37.9 Å². The van der Waals surface area contributed by atoms with Gasteiger partial charge in [-0.3, -0.25) is 4.79 Å². The highest BCUT2D eigenvalue weighted by molar-refractivity contribution is 7.99. The van der Waals surface area contributed by atoms with Crippen molar-refractivity contribution in [1.29, 1.82) is 0 Å². The monoisotopic (exact) mass is 359 g/mol. The summed E-state index contributed by atoms with van der Waals surface area (Å²) in [6.45, 7) is 0.642. The van der Waals surface area contributed by atoms with Gasteiger partial charge in [-0.1, -0.05) is 30.3 Å². The Hall–Kier alpha value is -2.31. The van der Waals surface area contributed by atoms with Crippen molar-refractivity contribution >= 4 is 23.6 Å². The molecule has 0 radical (unpaired) electrons. The molecule has 0 spiro atoms. The van der Waals surface area contributed by atoms with Gasteiger partial charge in [0.1, 0.15) is 0 Å². The molecule has 0 unspecified atom stereocenters. The Balaban J connectivity index is 1.67. The Bertz CT molecular complexity index is 691. The van der Waals surface area contributed by atoms with E-state index < -0.39 is 5.97 Å². The van der Waals surface area contributed by atoms with Gasteiger partial charge >= 0.3 is 5.97 Å². The zero-order chi connectivity index (χ0) is 17.9. The van der Waals surface area contributed by atoms with Crippen LogP contribution >= 0.6 is 11.8 Å². The molecule has 2 aromatic rings. The van der Waals surface area contributed by atoms with E-state index in [-0.39, 0.29) is 12.5 Å². The topological polar surface area (TPSA) is 64.6 Å². The number of ether oxygens (including phenoxy) is 2. The molecular formula is C19H21NO4S. The lowest BCUT2D eigenvalue weighted by Gasteiger charge is -2.07. The summed E-state index contributed by atoms with van der Waals surface area (Å²) in [6, 6.07) is 16.9. The van der Waals surface area contributed by atoms with Gasteiger partial charge < -0.3 is 14.8 Å². The van der Waals surface area contributed by atoms with Crippen molar-refractivity contribution in [3.05, 3.63) is 65.7 Å². The molecule has 0 aliphatic heterocycles. The van der Waals surface area contributed by atoms with Crippen molar-refractivity contribution in [3.63, 3.8) is 0 Å². The Morgan fingerprint density at radius 1 is 1.08 bits per heavy atom. The number of rotatable bonds is 9. The standard InChI is InChI=1S/C19H21NO4S/c1-23-13-15-6-5-7-16(12-15)19(22)24-14-18(21)20-10-11-25-17-8-3-2-4-9-17/h2-9,12H,10-11,13-14H2,1H3,(H,20,21). The van der Waals surface area contributed by atoms with E-state index in [4.69, 9.17) is 9.47 Å². The number of thioether (sulfide) groups is 1. The molecule has 0 saturated heterocycles. The Labute approximate surface area is 151 Å². The summed E-state index contributed by atoms with van der Waals surface area (Å²) in [5.74, 6) is -0.0789. The summed E-state index contributed by atoms with van der Waals surface area (Å²) >= 11 is 1.66. The van der Waals surface area contributed by atoms with Crippen molar-refractivity contribution in [2.24, 2.45) is 0 Å². The number of hydrogen-bond donors (Lipinski definition) is 1. The van der Waals surface area contributed by atoms with Gasteiger partial charge in [-0.25, -0.2) is 4.79 Å². The second-order valence-corrected chi connectivity index (χ2v) is 6.39. The fraction of sp³-hybridized carbons (Fsp3) is 0.263. The molecule has 0 bridgehead atoms. The predicted molar refractivity (Wildman–Crippen MR) is 97.6 cm³/mol. The molecule has 0 aliphatic carbocycles. The van der Waals surface area contributed by atoms with Crippen LogP contribution in [0.3, 0.4) is 0 Å². The van der Waals surface area contributed by atoms with E-state index in [1.807, 2.05) is 36.4 Å². The Morgan fingerprint density at radius 3 is 2.64 bits per heavy atom. The smallest absolute Gasteiger partial charge is 0.338 e. The molecule has 1 amide bonds.